The molecule has 0 bridgehead atoms. The lowest BCUT2D eigenvalue weighted by Crippen LogP contribution is -2.10. The molecule has 0 saturated carbocycles. The van der Waals surface area contributed by atoms with Gasteiger partial charge in [0.1, 0.15) is 11.5 Å². The number of hydrogen-bond acceptors (Lipinski definition) is 7. The van der Waals surface area contributed by atoms with Gasteiger partial charge in [0, 0.05) is 10.6 Å². The van der Waals surface area contributed by atoms with Crippen LogP contribution in [0.4, 0.5) is 0 Å². The normalized spacial score (nSPS) is 10.4. The van der Waals surface area contributed by atoms with Crippen LogP contribution in [0.1, 0.15) is 12.3 Å². The van der Waals surface area contributed by atoms with E-state index in [1.807, 2.05) is 0 Å². The maximum atomic E-state index is 11.8. The van der Waals surface area contributed by atoms with Gasteiger partial charge in [0.15, 0.2) is 6.61 Å². The molecule has 0 radical (unpaired) electrons. The average molecular weight is 389 g/mol. The van der Waals surface area contributed by atoms with Crippen LogP contribution >= 0.6 is 11.6 Å². The quantitative estimate of drug-likeness (QED) is 0.541. The molecule has 8 heteroatoms. The van der Waals surface area contributed by atoms with Crippen LogP contribution in [0, 0.1) is 0 Å². The number of esters is 1. The summed E-state index contributed by atoms with van der Waals surface area (Å²) in [4.78, 5) is 11.8. The Bertz CT molecular complexity index is 878. The Hall–Kier alpha value is -3.06. The highest BCUT2D eigenvalue weighted by molar-refractivity contribution is 6.30. The van der Waals surface area contributed by atoms with Gasteiger partial charge in [-0.25, -0.2) is 0 Å². The summed E-state index contributed by atoms with van der Waals surface area (Å²) in [7, 11) is 1.59. The summed E-state index contributed by atoms with van der Waals surface area (Å²) >= 11 is 5.84. The molecule has 0 aliphatic heterocycles. The third-order valence-electron chi connectivity index (χ3n) is 3.55. The van der Waals surface area contributed by atoms with Gasteiger partial charge in [-0.1, -0.05) is 11.6 Å². The van der Waals surface area contributed by atoms with Crippen molar-refractivity contribution in [1.29, 1.82) is 0 Å². The van der Waals surface area contributed by atoms with Crippen LogP contribution in [0.2, 0.25) is 5.02 Å². The SMILES string of the molecule is COc1ccc(OCCC(=O)OCc2nnc(-c3ccc(Cl)cc3)o2)cc1. The van der Waals surface area contributed by atoms with E-state index in [0.717, 1.165) is 11.3 Å². The number of hydrogen-bond donors (Lipinski definition) is 0. The smallest absolute Gasteiger partial charge is 0.309 e. The number of carbonyl (C=O) groups excluding carboxylic acids is 1. The van der Waals surface area contributed by atoms with Gasteiger partial charge in [0.25, 0.3) is 5.89 Å². The van der Waals surface area contributed by atoms with Gasteiger partial charge in [-0.05, 0) is 48.5 Å². The number of rotatable bonds is 8. The summed E-state index contributed by atoms with van der Waals surface area (Å²) in [5.41, 5.74) is 0.734. The zero-order chi connectivity index (χ0) is 19.1. The van der Waals surface area contributed by atoms with Crippen molar-refractivity contribution in [2.24, 2.45) is 0 Å². The lowest BCUT2D eigenvalue weighted by Gasteiger charge is -2.06. The zero-order valence-corrected chi connectivity index (χ0v) is 15.3. The van der Waals surface area contributed by atoms with Gasteiger partial charge >= 0.3 is 5.97 Å². The Morgan fingerprint density at radius 2 is 1.74 bits per heavy atom. The summed E-state index contributed by atoms with van der Waals surface area (Å²) in [6.07, 6.45) is 0.101. The molecule has 3 aromatic rings. The first-order chi connectivity index (χ1) is 13.1. The Kier molecular flexibility index (Phi) is 6.27. The maximum absolute atomic E-state index is 11.8. The van der Waals surface area contributed by atoms with E-state index in [1.165, 1.54) is 0 Å². The molecule has 0 unspecified atom stereocenters. The van der Waals surface area contributed by atoms with Gasteiger partial charge < -0.3 is 18.6 Å². The van der Waals surface area contributed by atoms with E-state index in [4.69, 9.17) is 30.2 Å². The minimum atomic E-state index is -0.422. The standard InChI is InChI=1S/C19H17ClN2O5/c1-24-15-6-8-16(9-7-15)25-11-10-18(23)26-12-17-21-22-19(27-17)13-2-4-14(20)5-3-13/h2-9H,10-12H2,1H3. The lowest BCUT2D eigenvalue weighted by molar-refractivity contribution is -0.146. The average Bonchev–Trinajstić information content (AvgIpc) is 3.16. The molecule has 1 aromatic heterocycles. The molecule has 0 aliphatic carbocycles. The molecular formula is C19H17ClN2O5. The molecule has 0 atom stereocenters. The molecule has 140 valence electrons. The summed E-state index contributed by atoms with van der Waals surface area (Å²) < 4.78 is 21.1. The number of carbonyl (C=O) groups is 1. The summed E-state index contributed by atoms with van der Waals surface area (Å²) in [5, 5.41) is 8.40. The van der Waals surface area contributed by atoms with Crippen molar-refractivity contribution in [3.63, 3.8) is 0 Å². The van der Waals surface area contributed by atoms with Gasteiger partial charge in [0.05, 0.1) is 20.1 Å². The largest absolute Gasteiger partial charge is 0.497 e. The molecule has 0 fully saturated rings. The van der Waals surface area contributed by atoms with Crippen LogP contribution in [0.5, 0.6) is 11.5 Å². The molecule has 1 heterocycles. The first-order valence-corrected chi connectivity index (χ1v) is 8.52. The van der Waals surface area contributed by atoms with E-state index in [2.05, 4.69) is 10.2 Å². The van der Waals surface area contributed by atoms with E-state index >= 15 is 0 Å². The van der Waals surface area contributed by atoms with E-state index in [9.17, 15) is 4.79 Å². The predicted octanol–water partition coefficient (Wildman–Crippen LogP) is 3.91. The highest BCUT2D eigenvalue weighted by atomic mass is 35.5. The van der Waals surface area contributed by atoms with Crippen molar-refractivity contribution in [3.8, 4) is 23.0 Å². The number of halogens is 1. The minimum absolute atomic E-state index is 0.0953. The number of benzene rings is 2. The fourth-order valence-electron chi connectivity index (χ4n) is 2.16. The van der Waals surface area contributed by atoms with Crippen molar-refractivity contribution in [2.45, 2.75) is 13.0 Å². The maximum Gasteiger partial charge on any atom is 0.309 e. The molecule has 0 aliphatic rings. The topological polar surface area (TPSA) is 83.7 Å². The van der Waals surface area contributed by atoms with Crippen LogP contribution in [0.25, 0.3) is 11.5 Å². The van der Waals surface area contributed by atoms with E-state index in [1.54, 1.807) is 55.6 Å². The van der Waals surface area contributed by atoms with E-state index < -0.39 is 5.97 Å². The zero-order valence-electron chi connectivity index (χ0n) is 14.6. The van der Waals surface area contributed by atoms with Gasteiger partial charge in [-0.3, -0.25) is 4.79 Å². The second kappa shape index (κ2) is 9.05. The summed E-state index contributed by atoms with van der Waals surface area (Å²) in [6.45, 7) is 0.104. The Balaban J connectivity index is 1.42. The van der Waals surface area contributed by atoms with Crippen LogP contribution < -0.4 is 9.47 Å². The fraction of sp³-hybridized carbons (Fsp3) is 0.211. The molecule has 27 heavy (non-hydrogen) atoms. The predicted molar refractivity (Wildman–Crippen MR) is 97.6 cm³/mol. The van der Waals surface area contributed by atoms with Crippen molar-refractivity contribution in [1.82, 2.24) is 10.2 Å². The third-order valence-corrected chi connectivity index (χ3v) is 3.80. The third kappa shape index (κ3) is 5.46. The minimum Gasteiger partial charge on any atom is -0.497 e. The first kappa shape index (κ1) is 18.7. The fourth-order valence-corrected chi connectivity index (χ4v) is 2.29. The second-order valence-electron chi connectivity index (χ2n) is 5.44. The molecule has 7 nitrogen and oxygen atoms in total. The van der Waals surface area contributed by atoms with Crippen molar-refractivity contribution < 1.29 is 23.4 Å². The number of ether oxygens (including phenoxy) is 3. The van der Waals surface area contributed by atoms with Crippen LogP contribution in [0.3, 0.4) is 0 Å². The van der Waals surface area contributed by atoms with Crippen molar-refractivity contribution in [2.75, 3.05) is 13.7 Å². The van der Waals surface area contributed by atoms with Crippen molar-refractivity contribution >= 4 is 17.6 Å². The number of aromatic nitrogens is 2. The van der Waals surface area contributed by atoms with Gasteiger partial charge in [0.2, 0.25) is 5.89 Å². The number of methoxy groups -OCH3 is 1. The molecule has 0 amide bonds. The monoisotopic (exact) mass is 388 g/mol. The molecule has 0 spiro atoms. The first-order valence-electron chi connectivity index (χ1n) is 8.15. The molecule has 2 aromatic carbocycles. The molecule has 0 saturated heterocycles. The van der Waals surface area contributed by atoms with Crippen molar-refractivity contribution in [3.05, 3.63) is 59.4 Å². The Morgan fingerprint density at radius 3 is 2.44 bits per heavy atom. The van der Waals surface area contributed by atoms with Crippen LogP contribution in [-0.2, 0) is 16.1 Å². The van der Waals surface area contributed by atoms with Crippen LogP contribution in [-0.4, -0.2) is 29.9 Å². The lowest BCUT2D eigenvalue weighted by atomic mass is 10.2. The van der Waals surface area contributed by atoms with Crippen LogP contribution in [0.15, 0.2) is 52.9 Å². The van der Waals surface area contributed by atoms with Gasteiger partial charge in [-0.15, -0.1) is 10.2 Å². The van der Waals surface area contributed by atoms with E-state index in [-0.39, 0.29) is 25.5 Å². The second-order valence-corrected chi connectivity index (χ2v) is 5.88. The highest BCUT2D eigenvalue weighted by Crippen LogP contribution is 2.20. The molecular weight excluding hydrogens is 372 g/mol. The highest BCUT2D eigenvalue weighted by Gasteiger charge is 2.11. The van der Waals surface area contributed by atoms with Gasteiger partial charge in [-0.2, -0.15) is 0 Å². The summed E-state index contributed by atoms with van der Waals surface area (Å²) in [6, 6.07) is 14.1. The number of nitrogens with zero attached hydrogens (tertiary/aromatic N) is 2. The molecule has 0 N–H and O–H groups in total. The summed E-state index contributed by atoms with van der Waals surface area (Å²) in [5.74, 6) is 1.51. The Labute approximate surface area is 160 Å². The van der Waals surface area contributed by atoms with E-state index in [0.29, 0.717) is 16.7 Å². The Morgan fingerprint density at radius 1 is 1.04 bits per heavy atom. The molecule has 3 rings (SSSR count).